The van der Waals surface area contributed by atoms with Gasteiger partial charge in [0, 0.05) is 35.9 Å². The van der Waals surface area contributed by atoms with Crippen molar-refractivity contribution in [3.8, 4) is 0 Å². The van der Waals surface area contributed by atoms with Crippen LogP contribution in [0.4, 0.5) is 11.4 Å². The zero-order valence-corrected chi connectivity index (χ0v) is 23.8. The molecule has 1 aliphatic heterocycles. The van der Waals surface area contributed by atoms with Crippen molar-refractivity contribution in [1.29, 1.82) is 0 Å². The predicted octanol–water partition coefficient (Wildman–Crippen LogP) is 5.73. The van der Waals surface area contributed by atoms with Crippen LogP contribution in [-0.2, 0) is 26.0 Å². The Hall–Kier alpha value is -3.49. The van der Waals surface area contributed by atoms with Gasteiger partial charge in [-0.1, -0.05) is 68.8 Å². The topological polar surface area (TPSA) is 95.6 Å². The van der Waals surface area contributed by atoms with Gasteiger partial charge in [0.1, 0.15) is 0 Å². The second-order valence-corrected chi connectivity index (χ2v) is 13.2. The van der Waals surface area contributed by atoms with Crippen LogP contribution in [0.3, 0.4) is 0 Å². The number of aryl methyl sites for hydroxylation is 1. The lowest BCUT2D eigenvalue weighted by Crippen LogP contribution is -2.41. The fourth-order valence-corrected chi connectivity index (χ4v) is 6.19. The van der Waals surface area contributed by atoms with E-state index in [4.69, 9.17) is 0 Å². The third-order valence-electron chi connectivity index (χ3n) is 7.09. The van der Waals surface area contributed by atoms with Crippen LogP contribution in [0.5, 0.6) is 0 Å². The second kappa shape index (κ2) is 11.7. The quantitative estimate of drug-likeness (QED) is 0.395. The number of amides is 2. The van der Waals surface area contributed by atoms with E-state index >= 15 is 0 Å². The van der Waals surface area contributed by atoms with Crippen molar-refractivity contribution in [3.05, 3.63) is 95.1 Å². The summed E-state index contributed by atoms with van der Waals surface area (Å²) in [5.74, 6) is -0.691. The normalized spacial score (nSPS) is 15.1. The summed E-state index contributed by atoms with van der Waals surface area (Å²) in [6.45, 7) is 8.97. The Labute approximate surface area is 231 Å². The highest BCUT2D eigenvalue weighted by atomic mass is 32.2. The number of nitrogens with one attached hydrogen (secondary N) is 2. The van der Waals surface area contributed by atoms with Gasteiger partial charge in [-0.05, 0) is 66.6 Å². The molecule has 4 rings (SSSR count). The molecule has 8 heteroatoms. The summed E-state index contributed by atoms with van der Waals surface area (Å²) < 4.78 is 27.3. The number of benzene rings is 3. The molecule has 2 amide bonds. The molecule has 1 heterocycles. The predicted molar refractivity (Wildman–Crippen MR) is 156 cm³/mol. The molecule has 206 valence electrons. The van der Waals surface area contributed by atoms with E-state index in [0.29, 0.717) is 42.9 Å². The van der Waals surface area contributed by atoms with Gasteiger partial charge in [0.05, 0.1) is 5.75 Å². The Balaban J connectivity index is 1.30. The minimum Gasteiger partial charge on any atom is -0.326 e. The number of carbonyl (C=O) groups excluding carboxylic acids is 2. The average molecular weight is 548 g/mol. The fourth-order valence-electron chi connectivity index (χ4n) is 4.63. The van der Waals surface area contributed by atoms with Crippen LogP contribution >= 0.6 is 0 Å². The first-order chi connectivity index (χ1) is 18.4. The van der Waals surface area contributed by atoms with Crippen LogP contribution in [0, 0.1) is 12.8 Å². The lowest BCUT2D eigenvalue weighted by molar-refractivity contribution is -0.120. The van der Waals surface area contributed by atoms with E-state index in [2.05, 4.69) is 31.4 Å². The first-order valence-electron chi connectivity index (χ1n) is 13.3. The van der Waals surface area contributed by atoms with Gasteiger partial charge in [0.15, 0.2) is 0 Å². The SMILES string of the molecule is Cc1ccc(CS(=O)(=O)N2CCC(C(=O)Nc3cccc(NC(=O)c4ccc(C(C)(C)C)cc4)c3)CC2)cc1. The van der Waals surface area contributed by atoms with E-state index in [0.717, 1.165) is 16.7 Å². The first-order valence-corrected chi connectivity index (χ1v) is 14.9. The summed E-state index contributed by atoms with van der Waals surface area (Å²) in [5.41, 5.74) is 4.72. The fraction of sp³-hybridized carbons (Fsp3) is 0.355. The third kappa shape index (κ3) is 7.55. The van der Waals surface area contributed by atoms with Crippen LogP contribution in [0.1, 0.15) is 60.7 Å². The standard InChI is InChI=1S/C31H37N3O4S/c1-22-8-10-23(11-9-22)21-39(37,38)34-18-16-25(17-19-34)30(36)33-28-7-5-6-27(20-28)32-29(35)24-12-14-26(15-13-24)31(2,3)4/h5-15,20,25H,16-19,21H2,1-4H3,(H,32,35)(H,33,36). The number of hydrogen-bond donors (Lipinski definition) is 2. The molecule has 2 N–H and O–H groups in total. The average Bonchev–Trinajstić information content (AvgIpc) is 2.90. The van der Waals surface area contributed by atoms with E-state index in [9.17, 15) is 18.0 Å². The van der Waals surface area contributed by atoms with E-state index in [1.54, 1.807) is 24.3 Å². The molecular weight excluding hydrogens is 510 g/mol. The molecule has 0 bridgehead atoms. The van der Waals surface area contributed by atoms with Crippen molar-refractivity contribution in [2.24, 2.45) is 5.92 Å². The molecule has 0 saturated carbocycles. The molecule has 0 aromatic heterocycles. The smallest absolute Gasteiger partial charge is 0.255 e. The van der Waals surface area contributed by atoms with E-state index in [1.807, 2.05) is 55.5 Å². The maximum absolute atomic E-state index is 12.9. The van der Waals surface area contributed by atoms with Crippen LogP contribution in [0.25, 0.3) is 0 Å². The monoisotopic (exact) mass is 547 g/mol. The Morgan fingerprint density at radius 1 is 0.872 bits per heavy atom. The van der Waals surface area contributed by atoms with Gasteiger partial charge in [0.25, 0.3) is 5.91 Å². The number of anilines is 2. The van der Waals surface area contributed by atoms with Crippen molar-refractivity contribution >= 4 is 33.2 Å². The summed E-state index contributed by atoms with van der Waals surface area (Å²) in [4.78, 5) is 25.7. The Morgan fingerprint density at radius 2 is 1.46 bits per heavy atom. The maximum Gasteiger partial charge on any atom is 0.255 e. The number of nitrogens with zero attached hydrogens (tertiary/aromatic N) is 1. The zero-order valence-electron chi connectivity index (χ0n) is 23.0. The van der Waals surface area contributed by atoms with E-state index < -0.39 is 10.0 Å². The number of hydrogen-bond acceptors (Lipinski definition) is 4. The summed E-state index contributed by atoms with van der Waals surface area (Å²) in [7, 11) is -3.45. The number of sulfonamides is 1. The van der Waals surface area contributed by atoms with Gasteiger partial charge < -0.3 is 10.6 Å². The molecule has 1 fully saturated rings. The summed E-state index contributed by atoms with van der Waals surface area (Å²) in [6.07, 6.45) is 0.917. The van der Waals surface area contributed by atoms with Gasteiger partial charge >= 0.3 is 0 Å². The number of piperidine rings is 1. The van der Waals surface area contributed by atoms with Gasteiger partial charge in [-0.2, -0.15) is 0 Å². The second-order valence-electron chi connectivity index (χ2n) is 11.3. The minimum atomic E-state index is -3.45. The molecule has 0 radical (unpaired) electrons. The van der Waals surface area contributed by atoms with Gasteiger partial charge in [-0.25, -0.2) is 12.7 Å². The lowest BCUT2D eigenvalue weighted by atomic mass is 9.87. The molecule has 7 nitrogen and oxygen atoms in total. The molecule has 39 heavy (non-hydrogen) atoms. The Bertz CT molecular complexity index is 1420. The van der Waals surface area contributed by atoms with E-state index in [-0.39, 0.29) is 28.9 Å². The molecule has 0 unspecified atom stereocenters. The highest BCUT2D eigenvalue weighted by Crippen LogP contribution is 2.25. The summed E-state index contributed by atoms with van der Waals surface area (Å²) >= 11 is 0. The lowest BCUT2D eigenvalue weighted by Gasteiger charge is -2.30. The highest BCUT2D eigenvalue weighted by Gasteiger charge is 2.31. The van der Waals surface area contributed by atoms with Crippen molar-refractivity contribution in [1.82, 2.24) is 4.31 Å². The summed E-state index contributed by atoms with van der Waals surface area (Å²) in [6, 6.07) is 22.1. The van der Waals surface area contributed by atoms with Crippen LogP contribution in [0.2, 0.25) is 0 Å². The van der Waals surface area contributed by atoms with Crippen molar-refractivity contribution < 1.29 is 18.0 Å². The van der Waals surface area contributed by atoms with Crippen molar-refractivity contribution in [2.75, 3.05) is 23.7 Å². The maximum atomic E-state index is 12.9. The molecule has 3 aromatic carbocycles. The van der Waals surface area contributed by atoms with Crippen molar-refractivity contribution in [3.63, 3.8) is 0 Å². The molecule has 3 aromatic rings. The Kier molecular flexibility index (Phi) is 8.57. The summed E-state index contributed by atoms with van der Waals surface area (Å²) in [5, 5.41) is 5.82. The van der Waals surface area contributed by atoms with Crippen LogP contribution in [-0.4, -0.2) is 37.6 Å². The molecule has 1 saturated heterocycles. The third-order valence-corrected chi connectivity index (χ3v) is 8.94. The molecular formula is C31H37N3O4S. The van der Waals surface area contributed by atoms with Crippen LogP contribution < -0.4 is 10.6 Å². The van der Waals surface area contributed by atoms with Gasteiger partial charge in [-0.3, -0.25) is 9.59 Å². The number of rotatable bonds is 7. The highest BCUT2D eigenvalue weighted by molar-refractivity contribution is 7.88. The Morgan fingerprint density at radius 3 is 2.05 bits per heavy atom. The van der Waals surface area contributed by atoms with Crippen LogP contribution in [0.15, 0.2) is 72.8 Å². The molecule has 0 aliphatic carbocycles. The molecule has 1 aliphatic rings. The van der Waals surface area contributed by atoms with Crippen molar-refractivity contribution in [2.45, 2.75) is 51.7 Å². The van der Waals surface area contributed by atoms with Gasteiger partial charge in [-0.15, -0.1) is 0 Å². The van der Waals surface area contributed by atoms with Gasteiger partial charge in [0.2, 0.25) is 15.9 Å². The largest absolute Gasteiger partial charge is 0.326 e. The molecule has 0 spiro atoms. The van der Waals surface area contributed by atoms with E-state index in [1.165, 1.54) is 4.31 Å². The first kappa shape index (κ1) is 28.5. The molecule has 0 atom stereocenters. The minimum absolute atomic E-state index is 0.00778. The number of carbonyl (C=O) groups is 2. The zero-order chi connectivity index (χ0) is 28.2.